The van der Waals surface area contributed by atoms with E-state index < -0.39 is 0 Å². The molecule has 0 bridgehead atoms. The Balaban J connectivity index is 1.57. The third kappa shape index (κ3) is 5.41. The summed E-state index contributed by atoms with van der Waals surface area (Å²) in [6, 6.07) is 10.5. The molecule has 0 atom stereocenters. The lowest BCUT2D eigenvalue weighted by Gasteiger charge is -2.31. The van der Waals surface area contributed by atoms with Crippen molar-refractivity contribution in [1.29, 1.82) is 0 Å². The number of hydrogen-bond donors (Lipinski definition) is 1. The van der Waals surface area contributed by atoms with E-state index in [2.05, 4.69) is 5.32 Å². The van der Waals surface area contributed by atoms with Gasteiger partial charge in [-0.25, -0.2) is 0 Å². The van der Waals surface area contributed by atoms with E-state index in [1.807, 2.05) is 18.2 Å². The lowest BCUT2D eigenvalue weighted by Crippen LogP contribution is -2.43. The average Bonchev–Trinajstić information content (AvgIpc) is 2.81. The van der Waals surface area contributed by atoms with Crippen LogP contribution in [0.2, 0.25) is 5.02 Å². The van der Waals surface area contributed by atoms with Crippen LogP contribution in [0.15, 0.2) is 36.4 Å². The summed E-state index contributed by atoms with van der Waals surface area (Å²) in [5.41, 5.74) is 1.28. The number of methoxy groups -OCH3 is 3. The summed E-state index contributed by atoms with van der Waals surface area (Å²) in [5, 5.41) is 3.46. The fourth-order valence-electron chi connectivity index (χ4n) is 3.71. The van der Waals surface area contributed by atoms with E-state index in [0.717, 1.165) is 5.56 Å². The summed E-state index contributed by atoms with van der Waals surface area (Å²) in [6.07, 6.45) is 1.19. The Morgan fingerprint density at radius 3 is 2.32 bits per heavy atom. The SMILES string of the molecule is COc1ccc(OC)c(CNC(=O)C2CCN(C(=O)c3cc(Cl)ccc3OC)CC2)c1. The highest BCUT2D eigenvalue weighted by molar-refractivity contribution is 6.31. The molecule has 8 heteroatoms. The highest BCUT2D eigenvalue weighted by atomic mass is 35.5. The summed E-state index contributed by atoms with van der Waals surface area (Å²) in [7, 11) is 4.71. The zero-order valence-corrected chi connectivity index (χ0v) is 18.7. The van der Waals surface area contributed by atoms with Gasteiger partial charge in [0.1, 0.15) is 17.2 Å². The smallest absolute Gasteiger partial charge is 0.257 e. The second kappa shape index (κ2) is 10.4. The number of rotatable bonds is 7. The van der Waals surface area contributed by atoms with Gasteiger partial charge in [0.15, 0.2) is 0 Å². The van der Waals surface area contributed by atoms with Crippen molar-refractivity contribution in [2.24, 2.45) is 5.92 Å². The first-order valence-electron chi connectivity index (χ1n) is 10.1. The number of carbonyl (C=O) groups excluding carboxylic acids is 2. The molecule has 1 aliphatic heterocycles. The topological polar surface area (TPSA) is 77.1 Å². The number of nitrogens with zero attached hydrogens (tertiary/aromatic N) is 1. The Bertz CT molecular complexity index is 942. The van der Waals surface area contributed by atoms with Crippen LogP contribution in [-0.4, -0.2) is 51.1 Å². The Morgan fingerprint density at radius 2 is 1.68 bits per heavy atom. The molecule has 0 spiro atoms. The number of amides is 2. The molecule has 2 aromatic carbocycles. The van der Waals surface area contributed by atoms with Gasteiger partial charge in [0, 0.05) is 36.1 Å². The van der Waals surface area contributed by atoms with Gasteiger partial charge in [-0.3, -0.25) is 9.59 Å². The Morgan fingerprint density at radius 1 is 1.00 bits per heavy atom. The van der Waals surface area contributed by atoms with Gasteiger partial charge in [0.05, 0.1) is 26.9 Å². The molecule has 0 aliphatic carbocycles. The number of piperidine rings is 1. The quantitative estimate of drug-likeness (QED) is 0.704. The van der Waals surface area contributed by atoms with E-state index in [9.17, 15) is 9.59 Å². The van der Waals surface area contributed by atoms with Gasteiger partial charge in [-0.15, -0.1) is 0 Å². The molecule has 0 radical (unpaired) electrons. The maximum atomic E-state index is 12.9. The fourth-order valence-corrected chi connectivity index (χ4v) is 3.88. The van der Waals surface area contributed by atoms with E-state index in [1.165, 1.54) is 7.11 Å². The molecule has 1 aliphatic rings. The standard InChI is InChI=1S/C23H27ClN2O5/c1-29-18-5-7-20(30-2)16(12-18)14-25-22(27)15-8-10-26(11-9-15)23(28)19-13-17(24)4-6-21(19)31-3/h4-7,12-13,15H,8-11,14H2,1-3H3,(H,25,27). The normalized spacial score (nSPS) is 14.1. The summed E-state index contributed by atoms with van der Waals surface area (Å²) >= 11 is 6.05. The molecule has 0 saturated carbocycles. The van der Waals surface area contributed by atoms with Crippen molar-refractivity contribution in [2.45, 2.75) is 19.4 Å². The van der Waals surface area contributed by atoms with Gasteiger partial charge >= 0.3 is 0 Å². The number of carbonyl (C=O) groups is 2. The minimum absolute atomic E-state index is 0.0303. The van der Waals surface area contributed by atoms with Gasteiger partial charge in [0.2, 0.25) is 5.91 Å². The van der Waals surface area contributed by atoms with E-state index in [0.29, 0.717) is 60.3 Å². The minimum atomic E-state index is -0.151. The number of hydrogen-bond acceptors (Lipinski definition) is 5. The van der Waals surface area contributed by atoms with Crippen LogP contribution >= 0.6 is 11.6 Å². The Kier molecular flexibility index (Phi) is 7.63. The molecule has 1 fully saturated rings. The fraction of sp³-hybridized carbons (Fsp3) is 0.391. The monoisotopic (exact) mass is 446 g/mol. The van der Waals surface area contributed by atoms with Gasteiger partial charge in [-0.05, 0) is 49.2 Å². The molecule has 1 saturated heterocycles. The maximum Gasteiger partial charge on any atom is 0.257 e. The van der Waals surface area contributed by atoms with Crippen LogP contribution < -0.4 is 19.5 Å². The highest BCUT2D eigenvalue weighted by Crippen LogP contribution is 2.27. The molecular formula is C23H27ClN2O5. The van der Waals surface area contributed by atoms with Crippen molar-refractivity contribution in [2.75, 3.05) is 34.4 Å². The third-order valence-electron chi connectivity index (χ3n) is 5.49. The zero-order chi connectivity index (χ0) is 22.4. The first-order valence-corrected chi connectivity index (χ1v) is 10.5. The van der Waals surface area contributed by atoms with Crippen molar-refractivity contribution in [1.82, 2.24) is 10.2 Å². The zero-order valence-electron chi connectivity index (χ0n) is 17.9. The molecule has 1 N–H and O–H groups in total. The predicted octanol–water partition coefficient (Wildman–Crippen LogP) is 3.53. The van der Waals surface area contributed by atoms with Crippen molar-refractivity contribution in [3.05, 3.63) is 52.5 Å². The van der Waals surface area contributed by atoms with Crippen molar-refractivity contribution in [3.63, 3.8) is 0 Å². The van der Waals surface area contributed by atoms with E-state index in [-0.39, 0.29) is 17.7 Å². The summed E-state index contributed by atoms with van der Waals surface area (Å²) in [6.45, 7) is 1.34. The number of ether oxygens (including phenoxy) is 3. The van der Waals surface area contributed by atoms with Crippen molar-refractivity contribution in [3.8, 4) is 17.2 Å². The van der Waals surface area contributed by atoms with Gasteiger partial charge < -0.3 is 24.4 Å². The molecule has 2 amide bonds. The summed E-state index contributed by atoms with van der Waals surface area (Å²) in [4.78, 5) is 27.3. The van der Waals surface area contributed by atoms with Crippen LogP contribution in [0.1, 0.15) is 28.8 Å². The molecule has 2 aromatic rings. The summed E-state index contributed by atoms with van der Waals surface area (Å²) < 4.78 is 15.9. The Hall–Kier alpha value is -2.93. The predicted molar refractivity (Wildman–Crippen MR) is 118 cm³/mol. The number of halogens is 1. The summed E-state index contributed by atoms with van der Waals surface area (Å²) in [5.74, 6) is 1.56. The van der Waals surface area contributed by atoms with Gasteiger partial charge in [0.25, 0.3) is 5.91 Å². The first-order chi connectivity index (χ1) is 15.0. The molecule has 0 unspecified atom stereocenters. The average molecular weight is 447 g/mol. The highest BCUT2D eigenvalue weighted by Gasteiger charge is 2.29. The third-order valence-corrected chi connectivity index (χ3v) is 5.72. The van der Waals surface area contributed by atoms with Crippen LogP contribution in [0.3, 0.4) is 0 Å². The van der Waals surface area contributed by atoms with E-state index in [1.54, 1.807) is 37.3 Å². The molecule has 7 nitrogen and oxygen atoms in total. The van der Waals surface area contributed by atoms with Gasteiger partial charge in [-0.2, -0.15) is 0 Å². The molecule has 166 valence electrons. The largest absolute Gasteiger partial charge is 0.497 e. The van der Waals surface area contributed by atoms with Crippen LogP contribution in [0.5, 0.6) is 17.2 Å². The van der Waals surface area contributed by atoms with Crippen LogP contribution in [0.25, 0.3) is 0 Å². The number of likely N-dealkylation sites (tertiary alicyclic amines) is 1. The minimum Gasteiger partial charge on any atom is -0.497 e. The van der Waals surface area contributed by atoms with Crippen LogP contribution in [-0.2, 0) is 11.3 Å². The van der Waals surface area contributed by atoms with Crippen molar-refractivity contribution < 1.29 is 23.8 Å². The van der Waals surface area contributed by atoms with E-state index in [4.69, 9.17) is 25.8 Å². The molecule has 1 heterocycles. The van der Waals surface area contributed by atoms with E-state index >= 15 is 0 Å². The molecule has 3 rings (SSSR count). The van der Waals surface area contributed by atoms with Crippen molar-refractivity contribution >= 4 is 23.4 Å². The maximum absolute atomic E-state index is 12.9. The van der Waals surface area contributed by atoms with Crippen LogP contribution in [0.4, 0.5) is 0 Å². The second-order valence-electron chi connectivity index (χ2n) is 7.31. The number of benzene rings is 2. The lowest BCUT2D eigenvalue weighted by atomic mass is 9.95. The Labute approximate surface area is 187 Å². The van der Waals surface area contributed by atoms with Gasteiger partial charge in [-0.1, -0.05) is 11.6 Å². The number of nitrogens with one attached hydrogen (secondary N) is 1. The molecular weight excluding hydrogens is 420 g/mol. The molecule has 0 aromatic heterocycles. The molecule has 31 heavy (non-hydrogen) atoms. The second-order valence-corrected chi connectivity index (χ2v) is 7.74. The first kappa shape index (κ1) is 22.7. The van der Waals surface area contributed by atoms with Crippen LogP contribution in [0, 0.1) is 5.92 Å². The lowest BCUT2D eigenvalue weighted by molar-refractivity contribution is -0.126.